The Morgan fingerprint density at radius 2 is 1.57 bits per heavy atom. The zero-order chi connectivity index (χ0) is 44.9. The highest BCUT2D eigenvalue weighted by atomic mass is 16.5. The molecule has 4 amide bonds. The molecule has 1 aliphatic heterocycles. The Morgan fingerprint density at radius 1 is 0.917 bits per heavy atom. The average molecular weight is 846 g/mol. The molecule has 15 heteroatoms. The first-order chi connectivity index (χ1) is 28.5. The van der Waals surface area contributed by atoms with E-state index in [1.165, 1.54) is 0 Å². The maximum absolute atomic E-state index is 14.4. The molecular weight excluding hydrogens is 767 g/mol. The zero-order valence-corrected chi connectivity index (χ0v) is 38.8. The summed E-state index contributed by atoms with van der Waals surface area (Å²) < 4.78 is 23.0. The number of benzene rings is 1. The number of nitrogens with one attached hydrogen (secondary N) is 2. The normalized spacial score (nSPS) is 18.1. The molecule has 60 heavy (non-hydrogen) atoms. The molecule has 4 N–H and O–H groups in total. The van der Waals surface area contributed by atoms with Crippen molar-refractivity contribution in [2.45, 2.75) is 117 Å². The third-order valence-electron chi connectivity index (χ3n) is 11.5. The van der Waals surface area contributed by atoms with Gasteiger partial charge in [0.1, 0.15) is 17.9 Å². The fourth-order valence-corrected chi connectivity index (χ4v) is 8.06. The molecule has 1 saturated heterocycles. The number of amides is 4. The van der Waals surface area contributed by atoms with E-state index >= 15 is 0 Å². The minimum absolute atomic E-state index is 0.0198. The minimum Gasteiger partial charge on any atom is -0.379 e. The van der Waals surface area contributed by atoms with Gasteiger partial charge < -0.3 is 50.0 Å². The van der Waals surface area contributed by atoms with Gasteiger partial charge in [-0.05, 0) is 30.2 Å². The molecule has 0 radical (unpaired) electrons. The van der Waals surface area contributed by atoms with Crippen molar-refractivity contribution in [1.82, 2.24) is 25.3 Å². The van der Waals surface area contributed by atoms with Crippen molar-refractivity contribution in [1.29, 1.82) is 0 Å². The highest BCUT2D eigenvalue weighted by molar-refractivity contribution is 5.90. The lowest BCUT2D eigenvalue weighted by atomic mass is 9.89. The van der Waals surface area contributed by atoms with Gasteiger partial charge in [0.2, 0.25) is 23.6 Å². The van der Waals surface area contributed by atoms with Gasteiger partial charge in [-0.25, -0.2) is 0 Å². The molecule has 8 atom stereocenters. The van der Waals surface area contributed by atoms with Crippen molar-refractivity contribution < 1.29 is 38.1 Å². The van der Waals surface area contributed by atoms with Gasteiger partial charge in [-0.1, -0.05) is 85.2 Å². The van der Waals surface area contributed by atoms with Gasteiger partial charge in [0.15, 0.2) is 0 Å². The van der Waals surface area contributed by atoms with Crippen LogP contribution in [0.5, 0.6) is 0 Å². The summed E-state index contributed by atoms with van der Waals surface area (Å²) in [6.45, 7) is 16.8. The third kappa shape index (κ3) is 16.0. The summed E-state index contributed by atoms with van der Waals surface area (Å²) in [5, 5.41) is 5.87. The Bertz CT molecular complexity index is 1450. The number of rotatable bonds is 27. The van der Waals surface area contributed by atoms with E-state index in [1.54, 1.807) is 33.1 Å². The number of ether oxygens (including phenoxy) is 4. The standard InChI is InChI=1S/C45H79N7O8/c1-13-32(6)40(51(10)45(56)39(30(2)3)49-42(31(4)5)50(8)9)37(57-11)29-38(53)52-23-17-20-36(52)41(58-12)33(7)43(54)48-35(28-34-18-15-14-16-19-34)44(55)47-22-25-60-27-26-59-24-21-46/h14-16,18-19,30-33,35-37,39-41H,13,17,20-29,46H2,1-12H3,(H,47,55)(H,48,54)/b49-42+/t32-,33+,35-,36-,37+,39-,40-,41+/m0/s1. The maximum atomic E-state index is 14.4. The molecule has 0 aromatic heterocycles. The van der Waals surface area contributed by atoms with E-state index in [2.05, 4.69) is 38.3 Å². The number of amidine groups is 1. The molecule has 0 spiro atoms. The highest BCUT2D eigenvalue weighted by Gasteiger charge is 2.43. The molecule has 0 unspecified atom stereocenters. The summed E-state index contributed by atoms with van der Waals surface area (Å²) in [7, 11) is 8.82. The van der Waals surface area contributed by atoms with Gasteiger partial charge in [-0.3, -0.25) is 24.2 Å². The second kappa shape index (κ2) is 27.3. The second-order valence-electron chi connectivity index (χ2n) is 16.9. The van der Waals surface area contributed by atoms with E-state index in [0.29, 0.717) is 39.3 Å². The van der Waals surface area contributed by atoms with E-state index in [-0.39, 0.29) is 73.4 Å². The molecule has 15 nitrogen and oxygen atoms in total. The fraction of sp³-hybridized carbons (Fsp3) is 0.756. The largest absolute Gasteiger partial charge is 0.379 e. The lowest BCUT2D eigenvalue weighted by Gasteiger charge is -2.40. The van der Waals surface area contributed by atoms with Crippen LogP contribution >= 0.6 is 0 Å². The average Bonchev–Trinajstić information content (AvgIpc) is 3.71. The Balaban J connectivity index is 2.25. The van der Waals surface area contributed by atoms with Gasteiger partial charge in [-0.2, -0.15) is 0 Å². The Hall–Kier alpha value is -3.63. The van der Waals surface area contributed by atoms with Crippen LogP contribution in [0.3, 0.4) is 0 Å². The summed E-state index contributed by atoms with van der Waals surface area (Å²) >= 11 is 0. The number of likely N-dealkylation sites (N-methyl/N-ethyl adjacent to an activating group) is 1. The van der Waals surface area contributed by atoms with Crippen LogP contribution in [0.4, 0.5) is 0 Å². The molecule has 342 valence electrons. The Labute approximate surface area is 360 Å². The number of aliphatic imine (C=N–C) groups is 1. The topological polar surface area (TPSA) is 177 Å². The van der Waals surface area contributed by atoms with Crippen LogP contribution in [0.1, 0.15) is 79.7 Å². The van der Waals surface area contributed by atoms with Gasteiger partial charge in [-0.15, -0.1) is 0 Å². The van der Waals surface area contributed by atoms with E-state index in [4.69, 9.17) is 29.7 Å². The molecule has 1 aromatic carbocycles. The number of carbonyl (C=O) groups excluding carboxylic acids is 4. The Kier molecular flexibility index (Phi) is 23.9. The van der Waals surface area contributed by atoms with E-state index in [1.807, 2.05) is 68.1 Å². The van der Waals surface area contributed by atoms with Crippen molar-refractivity contribution in [3.05, 3.63) is 35.9 Å². The van der Waals surface area contributed by atoms with Gasteiger partial charge >= 0.3 is 0 Å². The first-order valence-electron chi connectivity index (χ1n) is 21.9. The number of nitrogens with two attached hydrogens (primary N) is 1. The number of hydrogen-bond acceptors (Lipinski definition) is 10. The van der Waals surface area contributed by atoms with Crippen molar-refractivity contribution in [2.24, 2.45) is 34.4 Å². The molecule has 1 aliphatic rings. The molecule has 1 aromatic rings. The summed E-state index contributed by atoms with van der Waals surface area (Å²) in [4.78, 5) is 66.6. The van der Waals surface area contributed by atoms with Gasteiger partial charge in [0.25, 0.3) is 0 Å². The van der Waals surface area contributed by atoms with Crippen molar-refractivity contribution >= 4 is 29.5 Å². The number of nitrogens with zero attached hydrogens (tertiary/aromatic N) is 4. The molecule has 1 heterocycles. The van der Waals surface area contributed by atoms with Gasteiger partial charge in [0, 0.05) is 67.3 Å². The minimum atomic E-state index is -0.852. The number of carbonyl (C=O) groups is 4. The van der Waals surface area contributed by atoms with Crippen LogP contribution in [-0.2, 0) is 44.5 Å². The van der Waals surface area contributed by atoms with Crippen LogP contribution in [0.15, 0.2) is 35.3 Å². The van der Waals surface area contributed by atoms with Crippen LogP contribution < -0.4 is 16.4 Å². The van der Waals surface area contributed by atoms with E-state index < -0.39 is 36.3 Å². The number of methoxy groups -OCH3 is 2. The molecule has 2 rings (SSSR count). The summed E-state index contributed by atoms with van der Waals surface area (Å²) in [6, 6.07) is 7.28. The van der Waals surface area contributed by atoms with Crippen LogP contribution in [0.25, 0.3) is 0 Å². The van der Waals surface area contributed by atoms with Crippen molar-refractivity contribution in [3.63, 3.8) is 0 Å². The van der Waals surface area contributed by atoms with Gasteiger partial charge in [0.05, 0.1) is 63.1 Å². The summed E-state index contributed by atoms with van der Waals surface area (Å²) in [5.74, 6) is -0.666. The zero-order valence-electron chi connectivity index (χ0n) is 38.8. The van der Waals surface area contributed by atoms with E-state index in [0.717, 1.165) is 24.2 Å². The molecule has 0 aliphatic carbocycles. The first kappa shape index (κ1) is 52.5. The Morgan fingerprint density at radius 3 is 2.12 bits per heavy atom. The van der Waals surface area contributed by atoms with E-state index in [9.17, 15) is 19.2 Å². The SMILES string of the molecule is CC[C@H](C)[C@@H]([C@@H](CC(=O)N1CCC[C@H]1[C@H](OC)[C@@H](C)C(=O)N[C@@H](Cc1ccccc1)C(=O)NCCOCCOCCN)OC)N(C)C(=O)[C@@H](/N=C(\C(C)C)N(C)C)C(C)C. The lowest BCUT2D eigenvalue weighted by molar-refractivity contribution is -0.146. The predicted octanol–water partition coefficient (Wildman–Crippen LogP) is 3.38. The van der Waals surface area contributed by atoms with Crippen LogP contribution in [-0.4, -0.2) is 162 Å². The smallest absolute Gasteiger partial charge is 0.247 e. The second-order valence-corrected chi connectivity index (χ2v) is 16.9. The molecule has 0 saturated carbocycles. The fourth-order valence-electron chi connectivity index (χ4n) is 8.06. The number of hydrogen-bond donors (Lipinski definition) is 3. The first-order valence-corrected chi connectivity index (χ1v) is 21.9. The van der Waals surface area contributed by atoms with Crippen molar-refractivity contribution in [2.75, 3.05) is 81.4 Å². The lowest BCUT2D eigenvalue weighted by Crippen LogP contribution is -2.55. The monoisotopic (exact) mass is 846 g/mol. The predicted molar refractivity (Wildman–Crippen MR) is 236 cm³/mol. The molecule has 0 bridgehead atoms. The highest BCUT2D eigenvalue weighted by Crippen LogP contribution is 2.30. The van der Waals surface area contributed by atoms with Crippen molar-refractivity contribution in [3.8, 4) is 0 Å². The summed E-state index contributed by atoms with van der Waals surface area (Å²) in [5.41, 5.74) is 6.34. The molecule has 1 fully saturated rings. The maximum Gasteiger partial charge on any atom is 0.247 e. The van der Waals surface area contributed by atoms with Crippen LogP contribution in [0, 0.1) is 23.7 Å². The summed E-state index contributed by atoms with van der Waals surface area (Å²) in [6.07, 6.45) is 1.27. The number of likely N-dealkylation sites (tertiary alicyclic amines) is 1. The van der Waals surface area contributed by atoms with Crippen LogP contribution in [0.2, 0.25) is 0 Å². The molecular formula is C45H79N7O8. The third-order valence-corrected chi connectivity index (χ3v) is 11.5. The quantitative estimate of drug-likeness (QED) is 0.0676.